The van der Waals surface area contributed by atoms with E-state index in [2.05, 4.69) is 10.6 Å². The fourth-order valence-electron chi connectivity index (χ4n) is 6.14. The van der Waals surface area contributed by atoms with Crippen molar-refractivity contribution in [3.05, 3.63) is 29.3 Å². The van der Waals surface area contributed by atoms with Crippen molar-refractivity contribution in [2.75, 3.05) is 19.0 Å². The molecule has 0 saturated carbocycles. The zero-order valence-corrected chi connectivity index (χ0v) is 20.1. The maximum absolute atomic E-state index is 13.8. The predicted molar refractivity (Wildman–Crippen MR) is 123 cm³/mol. The van der Waals surface area contributed by atoms with Crippen LogP contribution in [0.3, 0.4) is 0 Å². The fraction of sp³-hybridized carbons (Fsp3) is 0.640. The molecule has 180 valence electrons. The number of aryl methyl sites for hydroxylation is 2. The molecule has 1 aromatic carbocycles. The quantitative estimate of drug-likeness (QED) is 0.578. The molecular formula is C25H35N3O5. The second-order valence-electron chi connectivity index (χ2n) is 10.2. The molecule has 8 nitrogen and oxygen atoms in total. The first-order chi connectivity index (χ1) is 15.6. The SMILES string of the molecule is CNC(=O)[C@@H]1[C@H]2C(=O)N([C@@H](CO)CC(C)C)C(C(=O)Nc3cc(C)ccc3C)C23CC[C@H]1O3. The molecular weight excluding hydrogens is 422 g/mol. The lowest BCUT2D eigenvalue weighted by atomic mass is 9.70. The molecule has 3 aliphatic rings. The monoisotopic (exact) mass is 457 g/mol. The summed E-state index contributed by atoms with van der Waals surface area (Å²) in [5, 5.41) is 15.9. The lowest BCUT2D eigenvalue weighted by Gasteiger charge is -2.37. The van der Waals surface area contributed by atoms with Gasteiger partial charge >= 0.3 is 0 Å². The molecule has 2 bridgehead atoms. The number of aliphatic hydroxyl groups is 1. The molecule has 0 aromatic heterocycles. The molecule has 1 aromatic rings. The van der Waals surface area contributed by atoms with Gasteiger partial charge in [-0.25, -0.2) is 0 Å². The van der Waals surface area contributed by atoms with Gasteiger partial charge in [0, 0.05) is 12.7 Å². The minimum atomic E-state index is -1.06. The number of benzene rings is 1. The number of carbonyl (C=O) groups is 3. The standard InChI is InChI=1S/C25H35N3O5/c1-13(2)10-16(12-29)28-21(23(31)27-17-11-14(3)6-7-15(17)4)25-9-8-18(33-25)19(22(30)26-5)20(25)24(28)32/h6-7,11,13,16,18-21,29H,8-10,12H2,1-5H3,(H,26,30)(H,27,31)/t16-,18-,19+,20+,21?,25?/m1/s1. The maximum Gasteiger partial charge on any atom is 0.250 e. The van der Waals surface area contributed by atoms with Gasteiger partial charge in [-0.05, 0) is 56.2 Å². The van der Waals surface area contributed by atoms with Crippen LogP contribution in [0.1, 0.15) is 44.2 Å². The van der Waals surface area contributed by atoms with Crippen LogP contribution in [0, 0.1) is 31.6 Å². The molecule has 6 atom stereocenters. The number of fused-ring (bicyclic) bond motifs is 1. The predicted octanol–water partition coefficient (Wildman–Crippen LogP) is 1.77. The summed E-state index contributed by atoms with van der Waals surface area (Å²) in [7, 11) is 1.55. The Hall–Kier alpha value is -2.45. The molecule has 3 aliphatic heterocycles. The van der Waals surface area contributed by atoms with Gasteiger partial charge in [0.1, 0.15) is 11.6 Å². The number of rotatable bonds is 7. The Morgan fingerprint density at radius 3 is 2.64 bits per heavy atom. The first-order valence-electron chi connectivity index (χ1n) is 11.8. The van der Waals surface area contributed by atoms with E-state index in [1.807, 2.05) is 45.9 Å². The second kappa shape index (κ2) is 8.72. The Morgan fingerprint density at radius 2 is 2.00 bits per heavy atom. The van der Waals surface area contributed by atoms with E-state index < -0.39 is 29.5 Å². The molecule has 3 saturated heterocycles. The highest BCUT2D eigenvalue weighted by molar-refractivity contribution is 6.04. The highest BCUT2D eigenvalue weighted by Crippen LogP contribution is 2.59. The van der Waals surface area contributed by atoms with Crippen molar-refractivity contribution in [1.82, 2.24) is 10.2 Å². The van der Waals surface area contributed by atoms with Crippen molar-refractivity contribution in [2.45, 2.75) is 70.7 Å². The first kappa shape index (κ1) is 23.7. The molecule has 3 N–H and O–H groups in total. The van der Waals surface area contributed by atoms with E-state index in [0.717, 1.165) is 11.1 Å². The summed E-state index contributed by atoms with van der Waals surface area (Å²) in [4.78, 5) is 42.0. The Bertz CT molecular complexity index is 963. The van der Waals surface area contributed by atoms with E-state index in [1.54, 1.807) is 7.05 Å². The van der Waals surface area contributed by atoms with E-state index in [-0.39, 0.29) is 36.4 Å². The summed E-state index contributed by atoms with van der Waals surface area (Å²) >= 11 is 0. The minimum absolute atomic E-state index is 0.211. The lowest BCUT2D eigenvalue weighted by Crippen LogP contribution is -2.56. The number of aliphatic hydroxyl groups excluding tert-OH is 1. The fourth-order valence-corrected chi connectivity index (χ4v) is 6.14. The number of carbonyl (C=O) groups excluding carboxylic acids is 3. The van der Waals surface area contributed by atoms with Gasteiger partial charge in [-0.1, -0.05) is 26.0 Å². The molecule has 4 rings (SSSR count). The molecule has 3 fully saturated rings. The summed E-state index contributed by atoms with van der Waals surface area (Å²) in [6.45, 7) is 7.65. The van der Waals surface area contributed by atoms with Crippen LogP contribution < -0.4 is 10.6 Å². The molecule has 0 aliphatic carbocycles. The average molecular weight is 458 g/mol. The van der Waals surface area contributed by atoms with Gasteiger partial charge in [-0.3, -0.25) is 14.4 Å². The van der Waals surface area contributed by atoms with E-state index in [9.17, 15) is 19.5 Å². The van der Waals surface area contributed by atoms with Crippen LogP contribution in [0.25, 0.3) is 0 Å². The molecule has 8 heteroatoms. The number of nitrogens with zero attached hydrogens (tertiary/aromatic N) is 1. The van der Waals surface area contributed by atoms with E-state index in [0.29, 0.717) is 24.9 Å². The van der Waals surface area contributed by atoms with Crippen LogP contribution >= 0.6 is 0 Å². The smallest absolute Gasteiger partial charge is 0.250 e. The number of anilines is 1. The highest BCUT2D eigenvalue weighted by Gasteiger charge is 2.75. The minimum Gasteiger partial charge on any atom is -0.394 e. The number of nitrogens with one attached hydrogen (secondary N) is 2. The number of likely N-dealkylation sites (tertiary alicyclic amines) is 1. The van der Waals surface area contributed by atoms with Crippen molar-refractivity contribution in [2.24, 2.45) is 17.8 Å². The van der Waals surface area contributed by atoms with Gasteiger partial charge in [0.25, 0.3) is 0 Å². The van der Waals surface area contributed by atoms with E-state index >= 15 is 0 Å². The number of hydrogen-bond donors (Lipinski definition) is 3. The van der Waals surface area contributed by atoms with E-state index in [4.69, 9.17) is 4.74 Å². The molecule has 3 amide bonds. The summed E-state index contributed by atoms with van der Waals surface area (Å²) in [5.41, 5.74) is 1.55. The van der Waals surface area contributed by atoms with Crippen molar-refractivity contribution in [1.29, 1.82) is 0 Å². The Balaban J connectivity index is 1.77. The number of ether oxygens (including phenoxy) is 1. The first-order valence-corrected chi connectivity index (χ1v) is 11.8. The normalized spacial score (nSPS) is 31.1. The van der Waals surface area contributed by atoms with Gasteiger partial charge < -0.3 is 25.4 Å². The van der Waals surface area contributed by atoms with Crippen LogP contribution in [0.15, 0.2) is 18.2 Å². The van der Waals surface area contributed by atoms with Gasteiger partial charge in [0.2, 0.25) is 17.7 Å². The third-order valence-electron chi connectivity index (χ3n) is 7.53. The summed E-state index contributed by atoms with van der Waals surface area (Å²) in [6, 6.07) is 4.38. The molecule has 2 unspecified atom stereocenters. The molecule has 33 heavy (non-hydrogen) atoms. The average Bonchev–Trinajstić information content (AvgIpc) is 3.41. The van der Waals surface area contributed by atoms with Gasteiger partial charge in [0.05, 0.1) is 30.6 Å². The zero-order chi connectivity index (χ0) is 24.1. The van der Waals surface area contributed by atoms with Gasteiger partial charge in [-0.15, -0.1) is 0 Å². The third kappa shape index (κ3) is 3.73. The van der Waals surface area contributed by atoms with Crippen molar-refractivity contribution in [3.63, 3.8) is 0 Å². The summed E-state index contributed by atoms with van der Waals surface area (Å²) < 4.78 is 6.38. The second-order valence-corrected chi connectivity index (χ2v) is 10.2. The lowest BCUT2D eigenvalue weighted by molar-refractivity contribution is -0.144. The molecule has 0 radical (unpaired) electrons. The topological polar surface area (TPSA) is 108 Å². The summed E-state index contributed by atoms with van der Waals surface area (Å²) in [6.07, 6.45) is 1.32. The molecule has 3 heterocycles. The van der Waals surface area contributed by atoms with Crippen LogP contribution in [0.5, 0.6) is 0 Å². The Labute approximate surface area is 195 Å². The van der Waals surface area contributed by atoms with Crippen LogP contribution in [0.4, 0.5) is 5.69 Å². The van der Waals surface area contributed by atoms with Crippen molar-refractivity contribution < 1.29 is 24.2 Å². The Morgan fingerprint density at radius 1 is 1.27 bits per heavy atom. The van der Waals surface area contributed by atoms with Crippen molar-refractivity contribution >= 4 is 23.4 Å². The number of amides is 3. The summed E-state index contributed by atoms with van der Waals surface area (Å²) in [5.74, 6) is -1.99. The largest absolute Gasteiger partial charge is 0.394 e. The van der Waals surface area contributed by atoms with E-state index in [1.165, 1.54) is 4.90 Å². The Kier molecular flexibility index (Phi) is 6.26. The van der Waals surface area contributed by atoms with Crippen LogP contribution in [0.2, 0.25) is 0 Å². The van der Waals surface area contributed by atoms with Crippen LogP contribution in [-0.2, 0) is 19.1 Å². The van der Waals surface area contributed by atoms with Crippen LogP contribution in [-0.4, -0.2) is 65.2 Å². The van der Waals surface area contributed by atoms with Gasteiger partial charge in [0.15, 0.2) is 0 Å². The van der Waals surface area contributed by atoms with Crippen molar-refractivity contribution in [3.8, 4) is 0 Å². The van der Waals surface area contributed by atoms with Gasteiger partial charge in [-0.2, -0.15) is 0 Å². The molecule has 1 spiro atoms. The highest BCUT2D eigenvalue weighted by atomic mass is 16.5. The number of hydrogen-bond acceptors (Lipinski definition) is 5. The zero-order valence-electron chi connectivity index (χ0n) is 20.1. The maximum atomic E-state index is 13.8. The third-order valence-corrected chi connectivity index (χ3v) is 7.53.